The van der Waals surface area contributed by atoms with Gasteiger partial charge in [-0.15, -0.1) is 0 Å². The Kier molecular flexibility index (Phi) is 10.8. The van der Waals surface area contributed by atoms with Crippen LogP contribution in [0, 0.1) is 5.82 Å². The van der Waals surface area contributed by atoms with Crippen molar-refractivity contribution in [2.45, 2.75) is 34.2 Å². The summed E-state index contributed by atoms with van der Waals surface area (Å²) < 4.78 is 19.0. The Morgan fingerprint density at radius 1 is 1.20 bits per heavy atom. The van der Waals surface area contributed by atoms with Crippen molar-refractivity contribution in [1.82, 2.24) is 4.90 Å². The molecule has 1 aromatic rings. The summed E-state index contributed by atoms with van der Waals surface area (Å²) in [6.45, 7) is 11.5. The van der Waals surface area contributed by atoms with Crippen molar-refractivity contribution in [3.05, 3.63) is 35.1 Å². The van der Waals surface area contributed by atoms with E-state index < -0.39 is 5.82 Å². The lowest BCUT2D eigenvalue weighted by Crippen LogP contribution is -2.35. The molecule has 0 atom stereocenters. The largest absolute Gasteiger partial charge is 0.379 e. The predicted octanol–water partition coefficient (Wildman–Crippen LogP) is 3.52. The lowest BCUT2D eigenvalue weighted by molar-refractivity contribution is 0.0337. The summed E-state index contributed by atoms with van der Waals surface area (Å²) in [5.74, 6) is -0.399. The summed E-state index contributed by atoms with van der Waals surface area (Å²) in [7, 11) is 0. The van der Waals surface area contributed by atoms with E-state index in [1.807, 2.05) is 27.7 Å². The van der Waals surface area contributed by atoms with Gasteiger partial charge in [-0.3, -0.25) is 9.69 Å². The number of aldehydes is 1. The number of ether oxygens (including phenoxy) is 1. The quantitative estimate of drug-likeness (QED) is 0.795. The Hall–Kier alpha value is -1.26. The van der Waals surface area contributed by atoms with Crippen molar-refractivity contribution in [2.75, 3.05) is 26.3 Å². The summed E-state index contributed by atoms with van der Waals surface area (Å²) >= 11 is 0. The SMILES string of the molecule is CC.CC.O=Cc1cccc(CN2CCOCC2)c1F. The third-order valence-electron chi connectivity index (χ3n) is 2.73. The standard InChI is InChI=1S/C12H14FNO2.2C2H6/c13-12-10(2-1-3-11(12)9-15)8-14-4-6-16-7-5-14;2*1-2/h1-3,9H,4-8H2;2*1-2H3. The lowest BCUT2D eigenvalue weighted by Gasteiger charge is -2.26. The minimum Gasteiger partial charge on any atom is -0.379 e. The Labute approximate surface area is 121 Å². The van der Waals surface area contributed by atoms with E-state index in [0.717, 1.165) is 13.1 Å². The first-order chi connectivity index (χ1) is 9.81. The van der Waals surface area contributed by atoms with Crippen molar-refractivity contribution in [3.63, 3.8) is 0 Å². The number of nitrogens with zero attached hydrogens (tertiary/aromatic N) is 1. The molecule has 1 fully saturated rings. The van der Waals surface area contributed by atoms with Gasteiger partial charge in [0.05, 0.1) is 18.8 Å². The second-order valence-corrected chi connectivity index (χ2v) is 3.83. The molecule has 1 heterocycles. The van der Waals surface area contributed by atoms with E-state index >= 15 is 0 Å². The van der Waals surface area contributed by atoms with Crippen LogP contribution in [-0.2, 0) is 11.3 Å². The van der Waals surface area contributed by atoms with E-state index in [2.05, 4.69) is 4.90 Å². The second-order valence-electron chi connectivity index (χ2n) is 3.83. The maximum atomic E-state index is 13.7. The third kappa shape index (κ3) is 5.80. The van der Waals surface area contributed by atoms with Crippen molar-refractivity contribution < 1.29 is 13.9 Å². The summed E-state index contributed by atoms with van der Waals surface area (Å²) in [4.78, 5) is 12.7. The highest BCUT2D eigenvalue weighted by Crippen LogP contribution is 2.14. The normalized spacial score (nSPS) is 14.4. The molecule has 0 saturated carbocycles. The van der Waals surface area contributed by atoms with Gasteiger partial charge in [0.25, 0.3) is 0 Å². The van der Waals surface area contributed by atoms with Gasteiger partial charge in [-0.1, -0.05) is 39.8 Å². The van der Waals surface area contributed by atoms with Gasteiger partial charge in [-0.2, -0.15) is 0 Å². The fourth-order valence-electron chi connectivity index (χ4n) is 1.81. The molecule has 20 heavy (non-hydrogen) atoms. The fourth-order valence-corrected chi connectivity index (χ4v) is 1.81. The van der Waals surface area contributed by atoms with Crippen LogP contribution < -0.4 is 0 Å². The van der Waals surface area contributed by atoms with Crippen LogP contribution in [0.15, 0.2) is 18.2 Å². The Morgan fingerprint density at radius 3 is 2.35 bits per heavy atom. The second kappa shape index (κ2) is 11.6. The first-order valence-electron chi connectivity index (χ1n) is 7.34. The molecule has 0 N–H and O–H groups in total. The Bertz CT molecular complexity index is 377. The third-order valence-corrected chi connectivity index (χ3v) is 2.73. The van der Waals surface area contributed by atoms with Gasteiger partial charge in [0, 0.05) is 25.2 Å². The van der Waals surface area contributed by atoms with Crippen LogP contribution in [0.3, 0.4) is 0 Å². The van der Waals surface area contributed by atoms with Gasteiger partial charge in [0.15, 0.2) is 6.29 Å². The monoisotopic (exact) mass is 283 g/mol. The average Bonchev–Trinajstić information content (AvgIpc) is 2.54. The lowest BCUT2D eigenvalue weighted by atomic mass is 10.1. The predicted molar refractivity (Wildman–Crippen MR) is 80.6 cm³/mol. The zero-order valence-electron chi connectivity index (χ0n) is 13.0. The van der Waals surface area contributed by atoms with Gasteiger partial charge in [0.2, 0.25) is 0 Å². The van der Waals surface area contributed by atoms with E-state index in [-0.39, 0.29) is 5.56 Å². The van der Waals surface area contributed by atoms with E-state index in [1.165, 1.54) is 6.07 Å². The maximum Gasteiger partial charge on any atom is 0.153 e. The van der Waals surface area contributed by atoms with E-state index in [9.17, 15) is 9.18 Å². The summed E-state index contributed by atoms with van der Waals surface area (Å²) in [6, 6.07) is 4.92. The highest BCUT2D eigenvalue weighted by atomic mass is 19.1. The van der Waals surface area contributed by atoms with Crippen LogP contribution in [0.4, 0.5) is 4.39 Å². The summed E-state index contributed by atoms with van der Waals surface area (Å²) in [5.41, 5.74) is 0.706. The van der Waals surface area contributed by atoms with Gasteiger partial charge in [0.1, 0.15) is 5.82 Å². The molecule has 1 aliphatic rings. The minimum atomic E-state index is -0.399. The number of carbonyl (C=O) groups is 1. The molecule has 114 valence electrons. The number of halogens is 1. The van der Waals surface area contributed by atoms with Crippen LogP contribution in [0.1, 0.15) is 43.6 Å². The minimum absolute atomic E-state index is 0.130. The number of rotatable bonds is 3. The molecule has 1 aliphatic heterocycles. The highest BCUT2D eigenvalue weighted by molar-refractivity contribution is 5.75. The molecule has 2 rings (SSSR count). The first kappa shape index (κ1) is 18.7. The van der Waals surface area contributed by atoms with E-state index in [1.54, 1.807) is 12.1 Å². The molecular formula is C16H26FNO2. The fraction of sp³-hybridized carbons (Fsp3) is 0.562. The topological polar surface area (TPSA) is 29.5 Å². The molecule has 0 radical (unpaired) electrons. The van der Waals surface area contributed by atoms with Crippen LogP contribution in [0.25, 0.3) is 0 Å². The Balaban J connectivity index is 0.000000829. The smallest absolute Gasteiger partial charge is 0.153 e. The average molecular weight is 283 g/mol. The van der Waals surface area contributed by atoms with Gasteiger partial charge in [-0.25, -0.2) is 4.39 Å². The number of carbonyl (C=O) groups excluding carboxylic acids is 1. The summed E-state index contributed by atoms with van der Waals surface area (Å²) in [6.07, 6.45) is 0.554. The van der Waals surface area contributed by atoms with Gasteiger partial charge >= 0.3 is 0 Å². The molecule has 1 aromatic carbocycles. The van der Waals surface area contributed by atoms with Gasteiger partial charge < -0.3 is 4.74 Å². The first-order valence-corrected chi connectivity index (χ1v) is 7.34. The van der Waals surface area contributed by atoms with Crippen LogP contribution >= 0.6 is 0 Å². The van der Waals surface area contributed by atoms with Crippen molar-refractivity contribution in [2.24, 2.45) is 0 Å². The highest BCUT2D eigenvalue weighted by Gasteiger charge is 2.14. The number of benzene rings is 1. The van der Waals surface area contributed by atoms with E-state index in [4.69, 9.17) is 4.74 Å². The Morgan fingerprint density at radius 2 is 1.80 bits per heavy atom. The zero-order chi connectivity index (χ0) is 15.4. The molecular weight excluding hydrogens is 257 g/mol. The molecule has 3 nitrogen and oxygen atoms in total. The maximum absolute atomic E-state index is 13.7. The van der Waals surface area contributed by atoms with Crippen LogP contribution in [-0.4, -0.2) is 37.5 Å². The number of morpholine rings is 1. The van der Waals surface area contributed by atoms with E-state index in [0.29, 0.717) is 31.6 Å². The molecule has 0 spiro atoms. The molecule has 0 bridgehead atoms. The van der Waals surface area contributed by atoms with Crippen molar-refractivity contribution in [1.29, 1.82) is 0 Å². The molecule has 1 saturated heterocycles. The molecule has 0 aliphatic carbocycles. The number of hydrogen-bond donors (Lipinski definition) is 0. The molecule has 0 aromatic heterocycles. The molecule has 4 heteroatoms. The molecule has 0 amide bonds. The van der Waals surface area contributed by atoms with Gasteiger partial charge in [-0.05, 0) is 6.07 Å². The number of hydrogen-bond acceptors (Lipinski definition) is 3. The zero-order valence-corrected chi connectivity index (χ0v) is 13.0. The van der Waals surface area contributed by atoms with Crippen molar-refractivity contribution in [3.8, 4) is 0 Å². The summed E-state index contributed by atoms with van der Waals surface area (Å²) in [5, 5.41) is 0. The molecule has 0 unspecified atom stereocenters. The van der Waals surface area contributed by atoms with Crippen molar-refractivity contribution >= 4 is 6.29 Å². The van der Waals surface area contributed by atoms with Crippen LogP contribution in [0.5, 0.6) is 0 Å². The van der Waals surface area contributed by atoms with Crippen LogP contribution in [0.2, 0.25) is 0 Å².